The molecule has 136 valence electrons. The van der Waals surface area contributed by atoms with Crippen LogP contribution in [-0.2, 0) is 19.1 Å². The first-order chi connectivity index (χ1) is 10.4. The molecule has 0 aliphatic heterocycles. The van der Waals surface area contributed by atoms with E-state index in [0.717, 1.165) is 4.43 Å². The Morgan fingerprint density at radius 1 is 1.30 bits per heavy atom. The van der Waals surface area contributed by atoms with Gasteiger partial charge in [-0.1, -0.05) is 36.4 Å². The number of carbonyl (C=O) groups is 2. The van der Waals surface area contributed by atoms with Gasteiger partial charge in [0, 0.05) is 16.4 Å². The predicted octanol–water partition coefficient (Wildman–Crippen LogP) is 1.71. The maximum Gasteiger partial charge on any atom is 0.249 e. The molecule has 0 saturated heterocycles. The van der Waals surface area contributed by atoms with Gasteiger partial charge in [0.25, 0.3) is 0 Å². The van der Waals surface area contributed by atoms with E-state index >= 15 is 0 Å². The molecule has 0 radical (unpaired) electrons. The number of halogens is 1. The van der Waals surface area contributed by atoms with Gasteiger partial charge in [-0.2, -0.15) is 0 Å². The van der Waals surface area contributed by atoms with Crippen LogP contribution in [0.2, 0.25) is 0 Å². The lowest BCUT2D eigenvalue weighted by atomic mass is 9.87. The van der Waals surface area contributed by atoms with E-state index in [1.807, 2.05) is 20.8 Å². The molecule has 23 heavy (non-hydrogen) atoms. The maximum atomic E-state index is 11.9. The highest BCUT2D eigenvalue weighted by Crippen LogP contribution is 2.23. The average Bonchev–Trinajstić information content (AvgIpc) is 2.46. The maximum absolute atomic E-state index is 11.9. The Hall–Kier alpha value is -0.250. The number of nitrogens with one attached hydrogen (secondary N) is 1. The zero-order chi connectivity index (χ0) is 18.3. The van der Waals surface area contributed by atoms with E-state index in [-0.39, 0.29) is 6.61 Å². The Bertz CT molecular complexity index is 381. The van der Waals surface area contributed by atoms with Gasteiger partial charge in [0.05, 0.1) is 18.3 Å². The number of rotatable bonds is 10. The van der Waals surface area contributed by atoms with Crippen LogP contribution >= 0.6 is 22.6 Å². The monoisotopic (exact) mass is 443 g/mol. The lowest BCUT2D eigenvalue weighted by Gasteiger charge is -2.33. The van der Waals surface area contributed by atoms with Gasteiger partial charge >= 0.3 is 0 Å². The molecule has 0 bridgehead atoms. The van der Waals surface area contributed by atoms with E-state index in [1.54, 1.807) is 20.8 Å². The molecule has 0 fully saturated rings. The third-order valence-electron chi connectivity index (χ3n) is 3.19. The van der Waals surface area contributed by atoms with Gasteiger partial charge in [0.1, 0.15) is 12.2 Å². The molecular weight excluding hydrogens is 413 g/mol. The largest absolute Gasteiger partial charge is 0.383 e. The van der Waals surface area contributed by atoms with Crippen LogP contribution in [0.1, 0.15) is 41.5 Å². The van der Waals surface area contributed by atoms with Gasteiger partial charge in [0.2, 0.25) is 5.91 Å². The SMILES string of the molecule is CC(OCC(C)(C)C(O)C(=O)NCCI)C(C=O)OC(C)(C)C. The van der Waals surface area contributed by atoms with Crippen molar-refractivity contribution in [2.75, 3.05) is 17.6 Å². The molecule has 0 saturated carbocycles. The van der Waals surface area contributed by atoms with Gasteiger partial charge in [-0.25, -0.2) is 0 Å². The molecule has 0 aromatic carbocycles. The number of hydrogen-bond acceptors (Lipinski definition) is 5. The first-order valence-electron chi connectivity index (χ1n) is 7.71. The van der Waals surface area contributed by atoms with Crippen LogP contribution in [0, 0.1) is 5.41 Å². The van der Waals surface area contributed by atoms with Gasteiger partial charge in [0.15, 0.2) is 6.29 Å². The summed E-state index contributed by atoms with van der Waals surface area (Å²) in [5, 5.41) is 12.8. The quantitative estimate of drug-likeness (QED) is 0.305. The van der Waals surface area contributed by atoms with E-state index in [4.69, 9.17) is 9.47 Å². The Kier molecular flexibility index (Phi) is 9.80. The number of amides is 1. The van der Waals surface area contributed by atoms with Gasteiger partial charge < -0.3 is 24.7 Å². The number of alkyl halides is 1. The summed E-state index contributed by atoms with van der Waals surface area (Å²) in [4.78, 5) is 23.1. The highest BCUT2D eigenvalue weighted by molar-refractivity contribution is 14.1. The van der Waals surface area contributed by atoms with Crippen molar-refractivity contribution in [3.63, 3.8) is 0 Å². The molecule has 3 atom stereocenters. The van der Waals surface area contributed by atoms with Crippen LogP contribution in [0.25, 0.3) is 0 Å². The normalized spacial score (nSPS) is 16.5. The standard InChI is InChI=1S/C16H30INO5/c1-11(12(9-19)23-15(2,3)4)22-10-16(5,6)13(20)14(21)18-8-7-17/h9,11-13,20H,7-8,10H2,1-6H3,(H,18,21). The van der Waals surface area contributed by atoms with Crippen molar-refractivity contribution in [3.8, 4) is 0 Å². The Morgan fingerprint density at radius 3 is 2.30 bits per heavy atom. The topological polar surface area (TPSA) is 84.9 Å². The fraction of sp³-hybridized carbons (Fsp3) is 0.875. The first-order valence-corrected chi connectivity index (χ1v) is 9.23. The van der Waals surface area contributed by atoms with E-state index in [9.17, 15) is 14.7 Å². The van der Waals surface area contributed by atoms with E-state index in [1.165, 1.54) is 0 Å². The molecule has 6 nitrogen and oxygen atoms in total. The van der Waals surface area contributed by atoms with Crippen LogP contribution in [0.5, 0.6) is 0 Å². The number of aliphatic hydroxyl groups is 1. The van der Waals surface area contributed by atoms with Crippen LogP contribution in [0.4, 0.5) is 0 Å². The number of ether oxygens (including phenoxy) is 2. The van der Waals surface area contributed by atoms with Crippen LogP contribution in [-0.4, -0.2) is 58.8 Å². The lowest BCUT2D eigenvalue weighted by Crippen LogP contribution is -2.47. The molecule has 0 rings (SSSR count). The summed E-state index contributed by atoms with van der Waals surface area (Å²) in [6.45, 7) is 11.5. The van der Waals surface area contributed by atoms with Crippen molar-refractivity contribution in [1.82, 2.24) is 5.32 Å². The molecular formula is C16H30INO5. The third-order valence-corrected chi connectivity index (χ3v) is 3.73. The lowest BCUT2D eigenvalue weighted by molar-refractivity contribution is -0.157. The summed E-state index contributed by atoms with van der Waals surface area (Å²) in [6.07, 6.45) is -1.64. The van der Waals surface area contributed by atoms with Crippen molar-refractivity contribution in [2.45, 2.75) is 65.5 Å². The highest BCUT2D eigenvalue weighted by atomic mass is 127. The third kappa shape index (κ3) is 8.97. The Labute approximate surface area is 152 Å². The molecule has 2 N–H and O–H groups in total. The second-order valence-corrected chi connectivity index (χ2v) is 8.30. The summed E-state index contributed by atoms with van der Waals surface area (Å²) in [6, 6.07) is 0. The van der Waals surface area contributed by atoms with Gasteiger partial charge in [-0.3, -0.25) is 4.79 Å². The van der Waals surface area contributed by atoms with Crippen LogP contribution in [0.3, 0.4) is 0 Å². The summed E-state index contributed by atoms with van der Waals surface area (Å²) in [5.74, 6) is -0.416. The fourth-order valence-corrected chi connectivity index (χ4v) is 2.05. The minimum Gasteiger partial charge on any atom is -0.383 e. The highest BCUT2D eigenvalue weighted by Gasteiger charge is 2.35. The van der Waals surface area contributed by atoms with E-state index < -0.39 is 35.2 Å². The average molecular weight is 443 g/mol. The molecule has 0 aliphatic carbocycles. The molecule has 7 heteroatoms. The van der Waals surface area contributed by atoms with Crippen molar-refractivity contribution < 1.29 is 24.2 Å². The fourth-order valence-electron chi connectivity index (χ4n) is 1.78. The van der Waals surface area contributed by atoms with E-state index in [0.29, 0.717) is 12.8 Å². The number of aldehydes is 1. The zero-order valence-corrected chi connectivity index (χ0v) is 17.0. The van der Waals surface area contributed by atoms with Crippen LogP contribution < -0.4 is 5.32 Å². The van der Waals surface area contributed by atoms with Crippen molar-refractivity contribution in [3.05, 3.63) is 0 Å². The molecule has 1 amide bonds. The number of carbonyl (C=O) groups excluding carboxylic acids is 2. The molecule has 0 aliphatic rings. The number of aliphatic hydroxyl groups excluding tert-OH is 1. The summed E-state index contributed by atoms with van der Waals surface area (Å²) in [7, 11) is 0. The molecule has 3 unspecified atom stereocenters. The molecule has 0 heterocycles. The number of hydrogen-bond donors (Lipinski definition) is 2. The second-order valence-electron chi connectivity index (χ2n) is 7.22. The van der Waals surface area contributed by atoms with Crippen molar-refractivity contribution in [2.24, 2.45) is 5.41 Å². The first kappa shape index (κ1) is 22.8. The Morgan fingerprint density at radius 2 is 1.87 bits per heavy atom. The minimum absolute atomic E-state index is 0.130. The smallest absolute Gasteiger partial charge is 0.249 e. The van der Waals surface area contributed by atoms with Gasteiger partial charge in [-0.15, -0.1) is 0 Å². The zero-order valence-electron chi connectivity index (χ0n) is 14.9. The molecule has 0 spiro atoms. The second kappa shape index (κ2) is 9.90. The molecule has 0 aromatic heterocycles. The summed E-state index contributed by atoms with van der Waals surface area (Å²) >= 11 is 2.14. The predicted molar refractivity (Wildman–Crippen MR) is 97.8 cm³/mol. The van der Waals surface area contributed by atoms with Crippen molar-refractivity contribution in [1.29, 1.82) is 0 Å². The minimum atomic E-state index is -1.18. The van der Waals surface area contributed by atoms with E-state index in [2.05, 4.69) is 27.9 Å². The van der Waals surface area contributed by atoms with Crippen LogP contribution in [0.15, 0.2) is 0 Å². The Balaban J connectivity index is 4.60. The van der Waals surface area contributed by atoms with Crippen molar-refractivity contribution >= 4 is 34.8 Å². The van der Waals surface area contributed by atoms with Gasteiger partial charge in [-0.05, 0) is 27.7 Å². The molecule has 0 aromatic rings. The summed E-state index contributed by atoms with van der Waals surface area (Å²) in [5.41, 5.74) is -1.24. The summed E-state index contributed by atoms with van der Waals surface area (Å²) < 4.78 is 12.1.